The monoisotopic (exact) mass is 504 g/mol. The standard InChI is InChI=1S/C23H10F5N3O3S/c1-2-12-9-10-29-22-18(12)15(11-30-22)21(32)19-16(24)7-8-17(20(19)25)31-35(33,34)14-5-3-13(4-6-14)23(26,27)28/h1,3-9,11,31H/p+1. The molecule has 0 fully saturated rings. The van der Waals surface area contributed by atoms with Crippen LogP contribution in [0.15, 0.2) is 53.6 Å². The maximum absolute atomic E-state index is 15.2. The molecule has 2 aromatic heterocycles. The van der Waals surface area contributed by atoms with Crippen LogP contribution in [0.5, 0.6) is 0 Å². The van der Waals surface area contributed by atoms with Crippen molar-refractivity contribution in [3.8, 4) is 12.3 Å². The topological polar surface area (TPSA) is 93.1 Å². The molecule has 4 rings (SSSR count). The van der Waals surface area contributed by atoms with E-state index in [-0.39, 0.29) is 22.2 Å². The van der Waals surface area contributed by atoms with Crippen LogP contribution >= 0.6 is 0 Å². The van der Waals surface area contributed by atoms with Crippen molar-refractivity contribution < 1.29 is 40.1 Å². The lowest BCUT2D eigenvalue weighted by Crippen LogP contribution is -2.17. The van der Waals surface area contributed by atoms with Gasteiger partial charge in [-0.25, -0.2) is 22.2 Å². The van der Waals surface area contributed by atoms with Crippen LogP contribution < -0.4 is 9.71 Å². The fraction of sp³-hybridized carbons (Fsp3) is 0.0435. The minimum atomic E-state index is -4.69. The maximum Gasteiger partial charge on any atom is 0.416 e. The number of ketones is 1. The van der Waals surface area contributed by atoms with E-state index in [1.165, 1.54) is 6.07 Å². The minimum absolute atomic E-state index is 0.116. The Morgan fingerprint density at radius 3 is 2.43 bits per heavy atom. The molecule has 12 heteroatoms. The van der Waals surface area contributed by atoms with Gasteiger partial charge in [-0.1, -0.05) is 5.92 Å². The van der Waals surface area contributed by atoms with Gasteiger partial charge in [0.1, 0.15) is 17.4 Å². The Labute approximate surface area is 194 Å². The third-order valence-corrected chi connectivity index (χ3v) is 6.35. The normalized spacial score (nSPS) is 11.7. The van der Waals surface area contributed by atoms with E-state index in [1.807, 2.05) is 4.72 Å². The molecule has 0 aliphatic rings. The van der Waals surface area contributed by atoms with Gasteiger partial charge in [0.15, 0.2) is 12.0 Å². The molecule has 0 radical (unpaired) electrons. The van der Waals surface area contributed by atoms with Crippen molar-refractivity contribution in [3.05, 3.63) is 88.7 Å². The first-order chi connectivity index (χ1) is 16.4. The van der Waals surface area contributed by atoms with Crippen molar-refractivity contribution in [2.75, 3.05) is 4.72 Å². The van der Waals surface area contributed by atoms with Crippen LogP contribution in [0.25, 0.3) is 11.0 Å². The zero-order chi connectivity index (χ0) is 25.5. The molecule has 2 heterocycles. The van der Waals surface area contributed by atoms with Crippen LogP contribution in [0.3, 0.4) is 0 Å². The van der Waals surface area contributed by atoms with Gasteiger partial charge in [0.05, 0.1) is 38.9 Å². The van der Waals surface area contributed by atoms with Crippen molar-refractivity contribution in [2.45, 2.75) is 11.1 Å². The molecule has 0 atom stereocenters. The van der Waals surface area contributed by atoms with Crippen LogP contribution in [-0.2, 0) is 16.2 Å². The van der Waals surface area contributed by atoms with E-state index in [0.29, 0.717) is 30.3 Å². The third-order valence-electron chi connectivity index (χ3n) is 4.97. The average Bonchev–Trinajstić information content (AvgIpc) is 3.25. The number of carbonyl (C=O) groups is 1. The largest absolute Gasteiger partial charge is 0.416 e. The molecule has 176 valence electrons. The van der Waals surface area contributed by atoms with Gasteiger partial charge in [0, 0.05) is 0 Å². The average molecular weight is 504 g/mol. The Morgan fingerprint density at radius 2 is 1.80 bits per heavy atom. The SMILES string of the molecule is C#Cc1cc#[n+]c2[nH]cc(C(=O)c3c(F)ccc(NS(=O)(=O)c4ccc(C(F)(F)F)cc4)c3F)c12. The smallest absolute Gasteiger partial charge is 0.288 e. The fourth-order valence-corrected chi connectivity index (χ4v) is 4.36. The number of H-pyrrole nitrogens is 1. The molecule has 0 aliphatic carbocycles. The van der Waals surface area contributed by atoms with E-state index in [2.05, 4.69) is 22.1 Å². The van der Waals surface area contributed by atoms with Crippen molar-refractivity contribution in [3.63, 3.8) is 0 Å². The summed E-state index contributed by atoms with van der Waals surface area (Å²) in [7, 11) is -4.59. The Bertz CT molecular complexity index is 1620. The molecule has 2 aromatic carbocycles. The maximum atomic E-state index is 15.2. The molecule has 35 heavy (non-hydrogen) atoms. The second-order valence-corrected chi connectivity index (χ2v) is 8.79. The Morgan fingerprint density at radius 1 is 1.11 bits per heavy atom. The van der Waals surface area contributed by atoms with E-state index in [0.717, 1.165) is 12.3 Å². The number of alkyl halides is 3. The molecule has 0 saturated carbocycles. The number of nitrogens with zero attached hydrogens (tertiary/aromatic N) is 1. The van der Waals surface area contributed by atoms with Gasteiger partial charge in [0.2, 0.25) is 5.78 Å². The summed E-state index contributed by atoms with van der Waals surface area (Å²) in [6.45, 7) is 0. The summed E-state index contributed by atoms with van der Waals surface area (Å²) in [6, 6.07) is 5.14. The summed E-state index contributed by atoms with van der Waals surface area (Å²) in [5, 5.41) is 0.116. The highest BCUT2D eigenvalue weighted by molar-refractivity contribution is 7.92. The highest BCUT2D eigenvalue weighted by atomic mass is 32.2. The van der Waals surface area contributed by atoms with Crippen LogP contribution in [0.1, 0.15) is 27.0 Å². The first kappa shape index (κ1) is 23.7. The highest BCUT2D eigenvalue weighted by Gasteiger charge is 2.31. The van der Waals surface area contributed by atoms with Crippen LogP contribution in [0.2, 0.25) is 0 Å². The molecule has 6 nitrogen and oxygen atoms in total. The number of sulfonamides is 1. The molecule has 0 saturated heterocycles. The molecule has 4 aromatic rings. The first-order valence-corrected chi connectivity index (χ1v) is 11.0. The molecule has 0 spiro atoms. The second-order valence-electron chi connectivity index (χ2n) is 7.11. The van der Waals surface area contributed by atoms with Crippen LogP contribution in [-0.4, -0.2) is 19.2 Å². The van der Waals surface area contributed by atoms with E-state index in [9.17, 15) is 30.8 Å². The molecular weight excluding hydrogens is 493 g/mol. The van der Waals surface area contributed by atoms with E-state index < -0.39 is 55.3 Å². The molecule has 0 amide bonds. The Kier molecular flexibility index (Phi) is 5.71. The van der Waals surface area contributed by atoms with Crippen LogP contribution in [0.4, 0.5) is 27.6 Å². The van der Waals surface area contributed by atoms with Gasteiger partial charge in [-0.15, -0.1) is 6.42 Å². The van der Waals surface area contributed by atoms with E-state index in [1.54, 1.807) is 0 Å². The summed E-state index contributed by atoms with van der Waals surface area (Å²) >= 11 is 0. The number of aromatic amines is 1. The molecule has 2 N–H and O–H groups in total. The van der Waals surface area contributed by atoms with Crippen LogP contribution in [0, 0.1) is 30.2 Å². The number of terminal acetylenes is 1. The number of rotatable bonds is 5. The van der Waals surface area contributed by atoms with Gasteiger partial charge in [-0.2, -0.15) is 18.2 Å². The zero-order valence-electron chi connectivity index (χ0n) is 17.2. The lowest BCUT2D eigenvalue weighted by atomic mass is 10.00. The highest BCUT2D eigenvalue weighted by Crippen LogP contribution is 2.31. The molecule has 0 unspecified atom stereocenters. The number of aromatic nitrogens is 2. The number of carbonyl (C=O) groups excluding carboxylic acids is 1. The Balaban J connectivity index is 1.74. The van der Waals surface area contributed by atoms with Gasteiger partial charge in [-0.3, -0.25) is 9.52 Å². The number of fused-ring (bicyclic) bond motifs is 1. The first-order valence-electron chi connectivity index (χ1n) is 9.51. The molecule has 0 aliphatic heterocycles. The minimum Gasteiger partial charge on any atom is -0.288 e. The third kappa shape index (κ3) is 4.27. The van der Waals surface area contributed by atoms with E-state index in [4.69, 9.17) is 6.42 Å². The number of anilines is 1. The van der Waals surface area contributed by atoms with Gasteiger partial charge in [-0.05, 0) is 36.4 Å². The summed E-state index contributed by atoms with van der Waals surface area (Å²) in [6.07, 6.45) is 4.38. The Hall–Kier alpha value is -4.42. The summed E-state index contributed by atoms with van der Waals surface area (Å²) in [5.74, 6) is -1.64. The summed E-state index contributed by atoms with van der Waals surface area (Å²) in [5.41, 5.74) is -2.85. The lowest BCUT2D eigenvalue weighted by Gasteiger charge is -2.12. The fourth-order valence-electron chi connectivity index (χ4n) is 3.30. The quantitative estimate of drug-likeness (QED) is 0.245. The van der Waals surface area contributed by atoms with Crippen molar-refractivity contribution in [1.29, 1.82) is 0 Å². The zero-order valence-corrected chi connectivity index (χ0v) is 18.0. The van der Waals surface area contributed by atoms with Crippen molar-refractivity contribution in [1.82, 2.24) is 4.98 Å². The second kappa shape index (κ2) is 8.42. The van der Waals surface area contributed by atoms with Gasteiger partial charge >= 0.3 is 11.8 Å². The number of benzene rings is 2. The van der Waals surface area contributed by atoms with Crippen molar-refractivity contribution >= 4 is 32.5 Å². The predicted molar refractivity (Wildman–Crippen MR) is 113 cm³/mol. The summed E-state index contributed by atoms with van der Waals surface area (Å²) in [4.78, 5) is 19.0. The number of halogens is 5. The van der Waals surface area contributed by atoms with E-state index >= 15 is 4.39 Å². The predicted octanol–water partition coefficient (Wildman–Crippen LogP) is 3.88. The molecular formula is C23H11F5N3O3S+. The lowest BCUT2D eigenvalue weighted by molar-refractivity contribution is -0.261. The number of hydrogen-bond donors (Lipinski definition) is 2. The summed E-state index contributed by atoms with van der Waals surface area (Å²) < 4.78 is 95.0. The van der Waals surface area contributed by atoms with Gasteiger partial charge < -0.3 is 0 Å². The molecule has 0 bridgehead atoms. The van der Waals surface area contributed by atoms with Gasteiger partial charge in [0.25, 0.3) is 10.0 Å². The van der Waals surface area contributed by atoms with Crippen molar-refractivity contribution in [2.24, 2.45) is 0 Å². The number of nitrogens with one attached hydrogen (secondary N) is 2. The number of hydrogen-bond acceptors (Lipinski definition) is 3.